The van der Waals surface area contributed by atoms with Crippen molar-refractivity contribution >= 4 is 5.91 Å². The lowest BCUT2D eigenvalue weighted by Gasteiger charge is -2.50. The predicted octanol–water partition coefficient (Wildman–Crippen LogP) is 2.09. The summed E-state index contributed by atoms with van der Waals surface area (Å²) in [7, 11) is 0. The number of rotatable bonds is 3. The maximum Gasteiger partial charge on any atom is 0.224 e. The number of hydrogen-bond acceptors (Lipinski definition) is 2. The maximum absolute atomic E-state index is 12.1. The van der Waals surface area contributed by atoms with Gasteiger partial charge in [-0.25, -0.2) is 0 Å². The molecule has 0 radical (unpaired) electrons. The third kappa shape index (κ3) is 2.81. The maximum atomic E-state index is 12.1. The van der Waals surface area contributed by atoms with Gasteiger partial charge in [0.1, 0.15) is 0 Å². The molecule has 2 atom stereocenters. The molecular weight excluding hydrogens is 236 g/mol. The van der Waals surface area contributed by atoms with Gasteiger partial charge in [0, 0.05) is 17.5 Å². The van der Waals surface area contributed by atoms with Gasteiger partial charge in [0.15, 0.2) is 0 Å². The number of benzene rings is 1. The third-order valence-electron chi connectivity index (χ3n) is 4.61. The lowest BCUT2D eigenvalue weighted by molar-refractivity contribution is -0.123. The summed E-state index contributed by atoms with van der Waals surface area (Å²) in [5.41, 5.74) is 9.54. The normalized spacial score (nSPS) is 24.7. The van der Waals surface area contributed by atoms with Crippen LogP contribution in [0.5, 0.6) is 0 Å². The van der Waals surface area contributed by atoms with Crippen molar-refractivity contribution in [1.82, 2.24) is 5.32 Å². The Kier molecular flexibility index (Phi) is 3.68. The largest absolute Gasteiger partial charge is 0.352 e. The van der Waals surface area contributed by atoms with E-state index < -0.39 is 0 Å². The number of nitrogens with one attached hydrogen (secondary N) is 1. The number of hydrogen-bond donors (Lipinski definition) is 2. The number of amides is 1. The molecule has 3 N–H and O–H groups in total. The van der Waals surface area contributed by atoms with E-state index in [-0.39, 0.29) is 23.4 Å². The average molecular weight is 260 g/mol. The number of nitrogens with two attached hydrogens (primary N) is 1. The average Bonchev–Trinajstić information content (AvgIpc) is 2.33. The van der Waals surface area contributed by atoms with Crippen LogP contribution in [0.3, 0.4) is 0 Å². The summed E-state index contributed by atoms with van der Waals surface area (Å²) in [6.45, 7) is 8.38. The summed E-state index contributed by atoms with van der Waals surface area (Å²) in [6, 6.07) is 6.59. The Balaban J connectivity index is 1.93. The van der Waals surface area contributed by atoms with Crippen molar-refractivity contribution in [1.29, 1.82) is 0 Å². The van der Waals surface area contributed by atoms with Crippen LogP contribution in [0.4, 0.5) is 0 Å². The van der Waals surface area contributed by atoms with Crippen LogP contribution >= 0.6 is 0 Å². The lowest BCUT2D eigenvalue weighted by atomic mass is 9.63. The van der Waals surface area contributed by atoms with Gasteiger partial charge in [-0.2, -0.15) is 0 Å². The van der Waals surface area contributed by atoms with Gasteiger partial charge < -0.3 is 11.1 Å². The zero-order chi connectivity index (χ0) is 14.2. The molecule has 1 fully saturated rings. The lowest BCUT2D eigenvalue weighted by Crippen LogP contribution is -2.64. The topological polar surface area (TPSA) is 55.1 Å². The van der Waals surface area contributed by atoms with E-state index in [0.717, 1.165) is 12.0 Å². The van der Waals surface area contributed by atoms with Gasteiger partial charge in [-0.15, -0.1) is 0 Å². The van der Waals surface area contributed by atoms with Crippen molar-refractivity contribution < 1.29 is 4.79 Å². The van der Waals surface area contributed by atoms with Crippen LogP contribution in [-0.2, 0) is 11.2 Å². The van der Waals surface area contributed by atoms with E-state index in [9.17, 15) is 4.79 Å². The molecule has 2 unspecified atom stereocenters. The van der Waals surface area contributed by atoms with Gasteiger partial charge in [0.2, 0.25) is 5.91 Å². The molecule has 19 heavy (non-hydrogen) atoms. The van der Waals surface area contributed by atoms with E-state index in [0.29, 0.717) is 6.42 Å². The summed E-state index contributed by atoms with van der Waals surface area (Å²) >= 11 is 0. The quantitative estimate of drug-likeness (QED) is 0.874. The molecule has 0 saturated heterocycles. The number of carbonyl (C=O) groups is 1. The molecule has 104 valence electrons. The Labute approximate surface area is 115 Å². The second kappa shape index (κ2) is 4.97. The number of aryl methyl sites for hydroxylation is 2. The van der Waals surface area contributed by atoms with Crippen molar-refractivity contribution in [2.75, 3.05) is 0 Å². The fourth-order valence-corrected chi connectivity index (χ4v) is 2.55. The molecule has 0 bridgehead atoms. The van der Waals surface area contributed by atoms with E-state index in [2.05, 4.69) is 45.1 Å². The second-order valence-corrected chi connectivity index (χ2v) is 6.38. The van der Waals surface area contributed by atoms with E-state index >= 15 is 0 Å². The highest BCUT2D eigenvalue weighted by Gasteiger charge is 2.46. The summed E-state index contributed by atoms with van der Waals surface area (Å²) in [5.74, 6) is 0.0910. The molecule has 0 aliphatic heterocycles. The minimum atomic E-state index is 0.0128. The SMILES string of the molecule is Cc1ccc(CC(=O)NC2CC(N)C2(C)C)cc1C. The fraction of sp³-hybridized carbons (Fsp3) is 0.562. The summed E-state index contributed by atoms with van der Waals surface area (Å²) in [5, 5.41) is 3.10. The van der Waals surface area contributed by atoms with Gasteiger partial charge in [0.05, 0.1) is 6.42 Å². The standard InChI is InChI=1S/C16H24N2O/c1-10-5-6-12(7-11(10)2)8-15(19)18-14-9-13(17)16(14,3)4/h5-7,13-14H,8-9,17H2,1-4H3,(H,18,19). The van der Waals surface area contributed by atoms with Crippen LogP contribution < -0.4 is 11.1 Å². The Morgan fingerprint density at radius 2 is 2.05 bits per heavy atom. The molecule has 1 amide bonds. The monoisotopic (exact) mass is 260 g/mol. The summed E-state index contributed by atoms with van der Waals surface area (Å²) in [6.07, 6.45) is 1.33. The zero-order valence-electron chi connectivity index (χ0n) is 12.3. The molecule has 1 aromatic rings. The minimum absolute atomic E-state index is 0.0128. The van der Waals surface area contributed by atoms with E-state index in [4.69, 9.17) is 5.73 Å². The van der Waals surface area contributed by atoms with Crippen LogP contribution in [-0.4, -0.2) is 18.0 Å². The van der Waals surface area contributed by atoms with E-state index in [1.807, 2.05) is 6.07 Å². The molecule has 1 saturated carbocycles. The Morgan fingerprint density at radius 1 is 1.37 bits per heavy atom. The first-order chi connectivity index (χ1) is 8.80. The van der Waals surface area contributed by atoms with Gasteiger partial charge >= 0.3 is 0 Å². The van der Waals surface area contributed by atoms with Crippen LogP contribution in [0.15, 0.2) is 18.2 Å². The zero-order valence-corrected chi connectivity index (χ0v) is 12.3. The van der Waals surface area contributed by atoms with Crippen molar-refractivity contribution in [3.8, 4) is 0 Å². The van der Waals surface area contributed by atoms with E-state index in [1.54, 1.807) is 0 Å². The second-order valence-electron chi connectivity index (χ2n) is 6.38. The van der Waals surface area contributed by atoms with Crippen LogP contribution in [0.1, 0.15) is 37.0 Å². The van der Waals surface area contributed by atoms with Crippen LogP contribution in [0.25, 0.3) is 0 Å². The van der Waals surface area contributed by atoms with Gasteiger partial charge in [0.25, 0.3) is 0 Å². The van der Waals surface area contributed by atoms with Crippen molar-refractivity contribution in [3.05, 3.63) is 34.9 Å². The summed E-state index contributed by atoms with van der Waals surface area (Å²) in [4.78, 5) is 12.1. The van der Waals surface area contributed by atoms with Gasteiger partial charge in [-0.05, 0) is 37.0 Å². The first kappa shape index (κ1) is 14.1. The predicted molar refractivity (Wildman–Crippen MR) is 77.9 cm³/mol. The molecular formula is C16H24N2O. The minimum Gasteiger partial charge on any atom is -0.352 e. The molecule has 2 rings (SSSR count). The van der Waals surface area contributed by atoms with Gasteiger partial charge in [-0.1, -0.05) is 32.0 Å². The number of carbonyl (C=O) groups excluding carboxylic acids is 1. The highest BCUT2D eigenvalue weighted by molar-refractivity contribution is 5.79. The third-order valence-corrected chi connectivity index (χ3v) is 4.61. The smallest absolute Gasteiger partial charge is 0.224 e. The fourth-order valence-electron chi connectivity index (χ4n) is 2.55. The molecule has 1 aliphatic carbocycles. The molecule has 1 aliphatic rings. The molecule has 1 aromatic carbocycles. The Hall–Kier alpha value is -1.35. The van der Waals surface area contributed by atoms with Gasteiger partial charge in [-0.3, -0.25) is 4.79 Å². The Bertz CT molecular complexity index is 494. The molecule has 3 heteroatoms. The molecule has 0 heterocycles. The van der Waals surface area contributed by atoms with Crippen molar-refractivity contribution in [2.45, 2.75) is 52.6 Å². The first-order valence-corrected chi connectivity index (χ1v) is 6.92. The highest BCUT2D eigenvalue weighted by Crippen LogP contribution is 2.38. The van der Waals surface area contributed by atoms with Crippen molar-refractivity contribution in [3.63, 3.8) is 0 Å². The molecule has 0 spiro atoms. The van der Waals surface area contributed by atoms with Crippen LogP contribution in [0.2, 0.25) is 0 Å². The first-order valence-electron chi connectivity index (χ1n) is 6.92. The van der Waals surface area contributed by atoms with Crippen LogP contribution in [0, 0.1) is 19.3 Å². The highest BCUT2D eigenvalue weighted by atomic mass is 16.1. The summed E-state index contributed by atoms with van der Waals surface area (Å²) < 4.78 is 0. The Morgan fingerprint density at radius 3 is 2.58 bits per heavy atom. The molecule has 0 aromatic heterocycles. The van der Waals surface area contributed by atoms with E-state index in [1.165, 1.54) is 11.1 Å². The molecule has 3 nitrogen and oxygen atoms in total. The van der Waals surface area contributed by atoms with Crippen molar-refractivity contribution in [2.24, 2.45) is 11.1 Å².